The highest BCUT2D eigenvalue weighted by molar-refractivity contribution is 5.96. The number of anilines is 3. The molecule has 37 heavy (non-hydrogen) atoms. The van der Waals surface area contributed by atoms with Crippen molar-refractivity contribution in [2.24, 2.45) is 7.05 Å². The molecule has 0 saturated carbocycles. The van der Waals surface area contributed by atoms with E-state index in [1.54, 1.807) is 13.1 Å². The van der Waals surface area contributed by atoms with Gasteiger partial charge in [-0.2, -0.15) is 5.26 Å². The van der Waals surface area contributed by atoms with Gasteiger partial charge in [0.15, 0.2) is 0 Å². The molecule has 11 heteroatoms. The summed E-state index contributed by atoms with van der Waals surface area (Å²) in [7, 11) is 9.12. The van der Waals surface area contributed by atoms with Crippen molar-refractivity contribution in [3.63, 3.8) is 0 Å². The predicted octanol–water partition coefficient (Wildman–Crippen LogP) is 4.17. The summed E-state index contributed by atoms with van der Waals surface area (Å²) in [6.45, 7) is 1.32. The first-order valence-electron chi connectivity index (χ1n) is 11.5. The summed E-state index contributed by atoms with van der Waals surface area (Å²) in [5.41, 5.74) is 3.27. The van der Waals surface area contributed by atoms with Gasteiger partial charge in [0.05, 0.1) is 35.2 Å². The molecule has 0 spiro atoms. The SMILES string of the molecule is COc1cc(N(C)CCN(C)C)c([N+](=O)[O-])cc1Nc1ncc(C#N)c(-c2cn(C)c3ccccc23)n1. The Morgan fingerprint density at radius 2 is 1.97 bits per heavy atom. The Balaban J connectivity index is 1.76. The Kier molecular flexibility index (Phi) is 7.22. The van der Waals surface area contributed by atoms with Gasteiger partial charge in [-0.15, -0.1) is 0 Å². The van der Waals surface area contributed by atoms with E-state index in [9.17, 15) is 15.4 Å². The molecule has 0 atom stereocenters. The fraction of sp³-hybridized carbons (Fsp3) is 0.269. The van der Waals surface area contributed by atoms with Gasteiger partial charge >= 0.3 is 0 Å². The molecule has 0 radical (unpaired) electrons. The first-order valence-corrected chi connectivity index (χ1v) is 11.5. The second-order valence-electron chi connectivity index (χ2n) is 8.89. The molecule has 0 aliphatic rings. The third-order valence-electron chi connectivity index (χ3n) is 6.10. The van der Waals surface area contributed by atoms with Crippen molar-refractivity contribution in [2.45, 2.75) is 0 Å². The van der Waals surface area contributed by atoms with Crippen LogP contribution in [-0.4, -0.2) is 65.7 Å². The van der Waals surface area contributed by atoms with Crippen LogP contribution in [0.3, 0.4) is 0 Å². The Labute approximate surface area is 214 Å². The molecule has 0 bridgehead atoms. The first kappa shape index (κ1) is 25.4. The standard InChI is InChI=1S/C26H28N8O3/c1-31(2)10-11-32(3)22-13-24(37-5)20(12-23(22)34(35)36)29-26-28-15-17(14-27)25(30-26)19-16-33(4)21-9-7-6-8-18(19)21/h6-9,12-13,15-16H,10-11H2,1-5H3,(H,28,29,30). The number of likely N-dealkylation sites (N-methyl/N-ethyl adjacent to an activating group) is 2. The van der Waals surface area contributed by atoms with Crippen LogP contribution in [0.2, 0.25) is 0 Å². The summed E-state index contributed by atoms with van der Waals surface area (Å²) in [5, 5.41) is 25.7. The van der Waals surface area contributed by atoms with Crippen LogP contribution in [0.25, 0.3) is 22.2 Å². The van der Waals surface area contributed by atoms with Gasteiger partial charge < -0.3 is 24.4 Å². The second-order valence-corrected chi connectivity index (χ2v) is 8.89. The maximum atomic E-state index is 11.9. The Morgan fingerprint density at radius 1 is 1.22 bits per heavy atom. The molecular formula is C26H28N8O3. The number of fused-ring (bicyclic) bond motifs is 1. The highest BCUT2D eigenvalue weighted by Crippen LogP contribution is 2.39. The molecule has 2 aromatic carbocycles. The Hall–Kier alpha value is -4.69. The van der Waals surface area contributed by atoms with Crippen LogP contribution in [0.1, 0.15) is 5.56 Å². The van der Waals surface area contributed by atoms with Crippen LogP contribution in [0.4, 0.5) is 23.0 Å². The van der Waals surface area contributed by atoms with Crippen LogP contribution >= 0.6 is 0 Å². The molecule has 4 aromatic rings. The smallest absolute Gasteiger partial charge is 0.294 e. The molecule has 1 N–H and O–H groups in total. The molecule has 0 saturated heterocycles. The van der Waals surface area contributed by atoms with Crippen LogP contribution < -0.4 is 15.0 Å². The number of hydrogen-bond acceptors (Lipinski definition) is 9. The van der Waals surface area contributed by atoms with E-state index in [1.807, 2.05) is 66.0 Å². The highest BCUT2D eigenvalue weighted by atomic mass is 16.6. The summed E-state index contributed by atoms with van der Waals surface area (Å²) in [4.78, 5) is 24.3. The molecule has 0 aliphatic carbocycles. The largest absolute Gasteiger partial charge is 0.494 e. The number of ether oxygens (including phenoxy) is 1. The number of para-hydroxylation sites is 1. The van der Waals surface area contributed by atoms with E-state index < -0.39 is 4.92 Å². The van der Waals surface area contributed by atoms with Gasteiger partial charge in [-0.3, -0.25) is 10.1 Å². The molecular weight excluding hydrogens is 472 g/mol. The number of benzene rings is 2. The summed E-state index contributed by atoms with van der Waals surface area (Å²) in [5.74, 6) is 0.584. The van der Waals surface area contributed by atoms with Gasteiger partial charge in [0.2, 0.25) is 5.95 Å². The zero-order valence-corrected chi connectivity index (χ0v) is 21.4. The van der Waals surface area contributed by atoms with E-state index in [2.05, 4.69) is 21.4 Å². The van der Waals surface area contributed by atoms with E-state index in [0.717, 1.165) is 23.0 Å². The van der Waals surface area contributed by atoms with Gasteiger partial charge in [0.25, 0.3) is 5.69 Å². The van der Waals surface area contributed by atoms with Gasteiger partial charge in [0.1, 0.15) is 17.5 Å². The minimum absolute atomic E-state index is 0.0764. The summed E-state index contributed by atoms with van der Waals surface area (Å²) < 4.78 is 7.53. The minimum Gasteiger partial charge on any atom is -0.494 e. The predicted molar refractivity (Wildman–Crippen MR) is 143 cm³/mol. The van der Waals surface area contributed by atoms with Gasteiger partial charge in [-0.1, -0.05) is 18.2 Å². The van der Waals surface area contributed by atoms with Gasteiger partial charge in [-0.05, 0) is 20.2 Å². The van der Waals surface area contributed by atoms with Crippen LogP contribution in [-0.2, 0) is 7.05 Å². The van der Waals surface area contributed by atoms with Crippen LogP contribution in [0, 0.1) is 21.4 Å². The minimum atomic E-state index is -0.423. The zero-order chi connectivity index (χ0) is 26.7. The third-order valence-corrected chi connectivity index (χ3v) is 6.10. The van der Waals surface area contributed by atoms with Crippen molar-refractivity contribution in [3.05, 3.63) is 64.5 Å². The molecule has 0 unspecified atom stereocenters. The lowest BCUT2D eigenvalue weighted by atomic mass is 10.1. The van der Waals surface area contributed by atoms with E-state index >= 15 is 0 Å². The molecule has 2 heterocycles. The molecule has 4 rings (SSSR count). The molecule has 0 fully saturated rings. The number of nitro benzene ring substituents is 1. The van der Waals surface area contributed by atoms with Crippen molar-refractivity contribution in [2.75, 3.05) is 51.6 Å². The van der Waals surface area contributed by atoms with Crippen molar-refractivity contribution in [1.29, 1.82) is 5.26 Å². The number of nitriles is 1. The number of aryl methyl sites for hydroxylation is 1. The van der Waals surface area contributed by atoms with Crippen LogP contribution in [0.5, 0.6) is 5.75 Å². The molecule has 0 amide bonds. The first-order chi connectivity index (χ1) is 17.7. The highest BCUT2D eigenvalue weighted by Gasteiger charge is 2.23. The van der Waals surface area contributed by atoms with Crippen molar-refractivity contribution >= 4 is 33.9 Å². The summed E-state index contributed by atoms with van der Waals surface area (Å²) in [6, 6.07) is 13.0. The number of aromatic nitrogens is 3. The molecule has 190 valence electrons. The van der Waals surface area contributed by atoms with E-state index in [1.165, 1.54) is 19.4 Å². The van der Waals surface area contributed by atoms with E-state index in [-0.39, 0.29) is 11.6 Å². The number of rotatable bonds is 9. The molecule has 0 aliphatic heterocycles. The lowest BCUT2D eigenvalue weighted by Crippen LogP contribution is -2.28. The molecule has 2 aromatic heterocycles. The van der Waals surface area contributed by atoms with Crippen molar-refractivity contribution in [1.82, 2.24) is 19.4 Å². The summed E-state index contributed by atoms with van der Waals surface area (Å²) in [6.07, 6.45) is 3.36. The fourth-order valence-electron chi connectivity index (χ4n) is 4.13. The number of nitro groups is 1. The summed E-state index contributed by atoms with van der Waals surface area (Å²) >= 11 is 0. The molecule has 11 nitrogen and oxygen atoms in total. The van der Waals surface area contributed by atoms with E-state index in [4.69, 9.17) is 4.74 Å². The topological polar surface area (TPSA) is 125 Å². The maximum Gasteiger partial charge on any atom is 0.294 e. The van der Waals surface area contributed by atoms with Crippen LogP contribution in [0.15, 0.2) is 48.8 Å². The van der Waals surface area contributed by atoms with Crippen molar-refractivity contribution in [3.8, 4) is 23.1 Å². The Morgan fingerprint density at radius 3 is 2.65 bits per heavy atom. The number of nitrogens with zero attached hydrogens (tertiary/aromatic N) is 7. The average Bonchev–Trinajstić information content (AvgIpc) is 3.23. The quantitative estimate of drug-likeness (QED) is 0.266. The van der Waals surface area contributed by atoms with Gasteiger partial charge in [0, 0.05) is 62.0 Å². The third kappa shape index (κ3) is 5.14. The zero-order valence-electron chi connectivity index (χ0n) is 21.4. The van der Waals surface area contributed by atoms with E-state index in [0.29, 0.717) is 34.9 Å². The average molecular weight is 501 g/mol. The Bertz CT molecular complexity index is 1510. The van der Waals surface area contributed by atoms with Gasteiger partial charge in [-0.25, -0.2) is 9.97 Å². The fourth-order valence-corrected chi connectivity index (χ4v) is 4.13. The number of nitrogens with one attached hydrogen (secondary N) is 1. The second kappa shape index (κ2) is 10.5. The maximum absolute atomic E-state index is 11.9. The number of methoxy groups -OCH3 is 1. The number of hydrogen-bond donors (Lipinski definition) is 1. The monoisotopic (exact) mass is 500 g/mol. The lowest BCUT2D eigenvalue weighted by Gasteiger charge is -2.22. The normalized spacial score (nSPS) is 10.9. The lowest BCUT2D eigenvalue weighted by molar-refractivity contribution is -0.384. The van der Waals surface area contributed by atoms with Crippen molar-refractivity contribution < 1.29 is 9.66 Å².